The summed E-state index contributed by atoms with van der Waals surface area (Å²) in [6.07, 6.45) is 2.71. The number of carbonyl (C=O) groups excluding carboxylic acids is 1. The molecule has 0 bridgehead atoms. The molecule has 1 aliphatic heterocycles. The molecule has 0 saturated carbocycles. The smallest absolute Gasteiger partial charge is 0.317 e. The van der Waals surface area contributed by atoms with Crippen LogP contribution in [0.4, 0.5) is 4.79 Å². The van der Waals surface area contributed by atoms with E-state index in [1.54, 1.807) is 6.92 Å². The van der Waals surface area contributed by atoms with E-state index in [0.717, 1.165) is 25.8 Å². The quantitative estimate of drug-likeness (QED) is 0.870. The van der Waals surface area contributed by atoms with E-state index in [2.05, 4.69) is 27.6 Å². The third kappa shape index (κ3) is 5.29. The van der Waals surface area contributed by atoms with Crippen molar-refractivity contribution in [2.24, 2.45) is 0 Å². The lowest BCUT2D eigenvalue weighted by atomic mass is 10.1. The second-order valence-electron chi connectivity index (χ2n) is 6.22. The Bertz CT molecular complexity index is 674. The van der Waals surface area contributed by atoms with Gasteiger partial charge in [0.25, 0.3) is 0 Å². The highest BCUT2D eigenvalue weighted by Gasteiger charge is 2.24. The zero-order chi connectivity index (χ0) is 17.5. The second-order valence-corrected chi connectivity index (χ2v) is 6.22. The molecule has 1 aromatic heterocycles. The Labute approximate surface area is 147 Å². The van der Waals surface area contributed by atoms with E-state index < -0.39 is 0 Å². The number of rotatable bonds is 6. The van der Waals surface area contributed by atoms with Crippen LogP contribution in [-0.2, 0) is 17.8 Å². The molecule has 25 heavy (non-hydrogen) atoms. The number of nitrogens with one attached hydrogen (secondary N) is 1. The van der Waals surface area contributed by atoms with Gasteiger partial charge < -0.3 is 19.5 Å². The third-order valence-corrected chi connectivity index (χ3v) is 4.22. The van der Waals surface area contributed by atoms with Crippen LogP contribution in [0.25, 0.3) is 0 Å². The van der Waals surface area contributed by atoms with E-state index in [1.807, 2.05) is 23.1 Å². The molecule has 1 aliphatic rings. The number of benzene rings is 1. The zero-order valence-electron chi connectivity index (χ0n) is 14.5. The Hall–Kier alpha value is -2.41. The summed E-state index contributed by atoms with van der Waals surface area (Å²) in [5.41, 5.74) is 1.22. The van der Waals surface area contributed by atoms with E-state index in [-0.39, 0.29) is 12.1 Å². The normalized spacial score (nSPS) is 17.5. The predicted octanol–water partition coefficient (Wildman–Crippen LogP) is 2.31. The number of amides is 2. The average molecular weight is 344 g/mol. The maximum atomic E-state index is 12.3. The molecule has 3 rings (SSSR count). The lowest BCUT2D eigenvalue weighted by Gasteiger charge is -2.32. The lowest BCUT2D eigenvalue weighted by molar-refractivity contribution is -0.00367. The number of nitrogens with zero attached hydrogens (tertiary/aromatic N) is 3. The van der Waals surface area contributed by atoms with Crippen LogP contribution >= 0.6 is 0 Å². The molecule has 1 saturated heterocycles. The van der Waals surface area contributed by atoms with Crippen LogP contribution in [0.3, 0.4) is 0 Å². The molecular formula is C18H24N4O3. The molecule has 7 nitrogen and oxygen atoms in total. The molecule has 0 aliphatic carbocycles. The molecular weight excluding hydrogens is 320 g/mol. The van der Waals surface area contributed by atoms with Crippen LogP contribution < -0.4 is 5.32 Å². The van der Waals surface area contributed by atoms with E-state index >= 15 is 0 Å². The Morgan fingerprint density at radius 3 is 3.00 bits per heavy atom. The van der Waals surface area contributed by atoms with Gasteiger partial charge in [0.15, 0.2) is 5.82 Å². The monoisotopic (exact) mass is 344 g/mol. The van der Waals surface area contributed by atoms with E-state index in [4.69, 9.17) is 9.26 Å². The summed E-state index contributed by atoms with van der Waals surface area (Å²) in [5.74, 6) is 1.07. The third-order valence-electron chi connectivity index (χ3n) is 4.22. The maximum absolute atomic E-state index is 12.3. The summed E-state index contributed by atoms with van der Waals surface area (Å²) in [6, 6.07) is 10.1. The number of aryl methyl sites for hydroxylation is 1. The molecule has 1 atom stereocenters. The van der Waals surface area contributed by atoms with Crippen LogP contribution in [0.5, 0.6) is 0 Å². The minimum atomic E-state index is -0.0281. The van der Waals surface area contributed by atoms with Gasteiger partial charge in [-0.15, -0.1) is 0 Å². The van der Waals surface area contributed by atoms with Gasteiger partial charge in [-0.05, 0) is 24.8 Å². The summed E-state index contributed by atoms with van der Waals surface area (Å²) < 4.78 is 10.8. The Balaban J connectivity index is 1.40. The number of hydrogen-bond donors (Lipinski definition) is 1. The first-order valence-corrected chi connectivity index (χ1v) is 8.68. The minimum absolute atomic E-state index is 0.00688. The van der Waals surface area contributed by atoms with Crippen LogP contribution in [0.2, 0.25) is 0 Å². The molecule has 0 spiro atoms. The molecule has 1 fully saturated rings. The van der Waals surface area contributed by atoms with Crippen molar-refractivity contribution in [2.45, 2.75) is 38.9 Å². The number of hydrogen-bond acceptors (Lipinski definition) is 5. The van der Waals surface area contributed by atoms with E-state index in [0.29, 0.717) is 31.4 Å². The fourth-order valence-electron chi connectivity index (χ4n) is 2.92. The Morgan fingerprint density at radius 1 is 1.40 bits per heavy atom. The minimum Gasteiger partial charge on any atom is -0.368 e. The number of carbonyl (C=O) groups is 1. The number of aromatic nitrogens is 2. The van der Waals surface area contributed by atoms with Crippen molar-refractivity contribution in [1.29, 1.82) is 0 Å². The number of piperidine rings is 1. The molecule has 2 aromatic rings. The van der Waals surface area contributed by atoms with Crippen LogP contribution in [-0.4, -0.2) is 46.8 Å². The SMILES string of the molecule is Cc1nc(COC2CCCN(C(=O)NCCc3ccccc3)C2)no1. The highest BCUT2D eigenvalue weighted by molar-refractivity contribution is 5.74. The van der Waals surface area contributed by atoms with Gasteiger partial charge in [-0.2, -0.15) is 4.98 Å². The largest absolute Gasteiger partial charge is 0.368 e. The van der Waals surface area contributed by atoms with Gasteiger partial charge in [0.1, 0.15) is 6.61 Å². The molecule has 2 heterocycles. The van der Waals surface area contributed by atoms with E-state index in [1.165, 1.54) is 5.56 Å². The first-order valence-electron chi connectivity index (χ1n) is 8.68. The van der Waals surface area contributed by atoms with Crippen molar-refractivity contribution in [3.8, 4) is 0 Å². The fourth-order valence-corrected chi connectivity index (χ4v) is 2.92. The fraction of sp³-hybridized carbons (Fsp3) is 0.500. The van der Waals surface area contributed by atoms with Crippen molar-refractivity contribution < 1.29 is 14.1 Å². The molecule has 7 heteroatoms. The van der Waals surface area contributed by atoms with Gasteiger partial charge in [-0.25, -0.2) is 4.79 Å². The van der Waals surface area contributed by atoms with Gasteiger partial charge in [-0.1, -0.05) is 35.5 Å². The highest BCUT2D eigenvalue weighted by atomic mass is 16.5. The summed E-state index contributed by atoms with van der Waals surface area (Å²) >= 11 is 0. The summed E-state index contributed by atoms with van der Waals surface area (Å²) in [7, 11) is 0. The number of urea groups is 1. The van der Waals surface area contributed by atoms with Gasteiger partial charge >= 0.3 is 6.03 Å². The van der Waals surface area contributed by atoms with Gasteiger partial charge in [0.05, 0.1) is 6.10 Å². The average Bonchev–Trinajstić information content (AvgIpc) is 3.06. The molecule has 1 aromatic carbocycles. The number of likely N-dealkylation sites (tertiary alicyclic amines) is 1. The van der Waals surface area contributed by atoms with Gasteiger partial charge in [-0.3, -0.25) is 0 Å². The maximum Gasteiger partial charge on any atom is 0.317 e. The lowest BCUT2D eigenvalue weighted by Crippen LogP contribution is -2.48. The first kappa shape index (κ1) is 17.4. The van der Waals surface area contributed by atoms with Crippen molar-refractivity contribution in [3.63, 3.8) is 0 Å². The van der Waals surface area contributed by atoms with Gasteiger partial charge in [0, 0.05) is 26.6 Å². The van der Waals surface area contributed by atoms with Crippen LogP contribution in [0.1, 0.15) is 30.1 Å². The summed E-state index contributed by atoms with van der Waals surface area (Å²) in [4.78, 5) is 18.3. The Kier molecular flexibility index (Phi) is 6.00. The summed E-state index contributed by atoms with van der Waals surface area (Å²) in [5, 5.41) is 6.81. The molecule has 134 valence electrons. The summed E-state index contributed by atoms with van der Waals surface area (Å²) in [6.45, 7) is 4.05. The zero-order valence-corrected chi connectivity index (χ0v) is 14.5. The van der Waals surface area contributed by atoms with Crippen molar-refractivity contribution in [2.75, 3.05) is 19.6 Å². The van der Waals surface area contributed by atoms with E-state index in [9.17, 15) is 4.79 Å². The Morgan fingerprint density at radius 2 is 2.24 bits per heavy atom. The van der Waals surface area contributed by atoms with Crippen molar-refractivity contribution in [1.82, 2.24) is 20.4 Å². The van der Waals surface area contributed by atoms with Crippen LogP contribution in [0, 0.1) is 6.92 Å². The van der Waals surface area contributed by atoms with Crippen molar-refractivity contribution in [3.05, 3.63) is 47.6 Å². The van der Waals surface area contributed by atoms with Crippen LogP contribution in [0.15, 0.2) is 34.9 Å². The van der Waals surface area contributed by atoms with Gasteiger partial charge in [0.2, 0.25) is 5.89 Å². The van der Waals surface area contributed by atoms with Crippen molar-refractivity contribution >= 4 is 6.03 Å². The molecule has 1 N–H and O–H groups in total. The molecule has 1 unspecified atom stereocenters. The predicted molar refractivity (Wildman–Crippen MR) is 92.0 cm³/mol. The molecule has 2 amide bonds. The molecule has 0 radical (unpaired) electrons. The highest BCUT2D eigenvalue weighted by Crippen LogP contribution is 2.14. The second kappa shape index (κ2) is 8.62. The number of ether oxygens (including phenoxy) is 1. The standard InChI is InChI=1S/C18H24N4O3/c1-14-20-17(21-25-14)13-24-16-8-5-11-22(12-16)18(23)19-10-9-15-6-3-2-4-7-15/h2-4,6-7,16H,5,8-13H2,1H3,(H,19,23). The topological polar surface area (TPSA) is 80.5 Å². The first-order chi connectivity index (χ1) is 12.2.